The van der Waals surface area contributed by atoms with Gasteiger partial charge in [-0.05, 0) is 31.2 Å². The minimum absolute atomic E-state index is 0.297. The van der Waals surface area contributed by atoms with Gasteiger partial charge >= 0.3 is 0 Å². The minimum Gasteiger partial charge on any atom is -0.494 e. The number of nitrogens with zero attached hydrogens (tertiary/aromatic N) is 4. The number of hydrogen-bond donors (Lipinski definition) is 0. The Morgan fingerprint density at radius 3 is 2.69 bits per heavy atom. The normalized spacial score (nSPS) is 15.6. The lowest BCUT2D eigenvalue weighted by Gasteiger charge is -2.36. The van der Waals surface area contributed by atoms with E-state index in [0.717, 1.165) is 44.1 Å². The lowest BCUT2D eigenvalue weighted by atomic mass is 10.2. The second-order valence-corrected chi connectivity index (χ2v) is 6.69. The Morgan fingerprint density at radius 1 is 1.12 bits per heavy atom. The van der Waals surface area contributed by atoms with Crippen LogP contribution in [0.4, 0.5) is 10.1 Å². The van der Waals surface area contributed by atoms with E-state index in [1.54, 1.807) is 6.07 Å². The van der Waals surface area contributed by atoms with E-state index in [9.17, 15) is 4.39 Å². The van der Waals surface area contributed by atoms with E-state index in [-0.39, 0.29) is 5.82 Å². The number of piperazine rings is 1. The Hall–Kier alpha value is -2.60. The highest BCUT2D eigenvalue weighted by atomic mass is 19.1. The van der Waals surface area contributed by atoms with Crippen LogP contribution in [0.15, 0.2) is 42.6 Å². The second kappa shape index (κ2) is 6.96. The third kappa shape index (κ3) is 3.12. The van der Waals surface area contributed by atoms with Crippen molar-refractivity contribution in [1.29, 1.82) is 0 Å². The van der Waals surface area contributed by atoms with Crippen molar-refractivity contribution < 1.29 is 9.13 Å². The molecule has 5 nitrogen and oxygen atoms in total. The quantitative estimate of drug-likeness (QED) is 0.721. The molecule has 2 aromatic heterocycles. The number of aryl methyl sites for hydroxylation is 1. The van der Waals surface area contributed by atoms with Crippen molar-refractivity contribution in [3.8, 4) is 5.75 Å². The molecule has 0 atom stereocenters. The van der Waals surface area contributed by atoms with Gasteiger partial charge in [0.25, 0.3) is 0 Å². The first-order valence-corrected chi connectivity index (χ1v) is 8.88. The summed E-state index contributed by atoms with van der Waals surface area (Å²) in [6.07, 6.45) is 1.97. The number of rotatable bonds is 4. The number of methoxy groups -OCH3 is 1. The van der Waals surface area contributed by atoms with Gasteiger partial charge in [-0.15, -0.1) is 0 Å². The van der Waals surface area contributed by atoms with E-state index in [1.807, 2.05) is 24.4 Å². The molecular formula is C20H23FN4O. The van der Waals surface area contributed by atoms with E-state index in [2.05, 4.69) is 32.2 Å². The maximum Gasteiger partial charge on any atom is 0.165 e. The zero-order valence-corrected chi connectivity index (χ0v) is 15.2. The van der Waals surface area contributed by atoms with Crippen LogP contribution in [0.1, 0.15) is 11.4 Å². The van der Waals surface area contributed by atoms with Crippen LogP contribution in [0.5, 0.6) is 5.75 Å². The summed E-state index contributed by atoms with van der Waals surface area (Å²) in [7, 11) is 1.50. The van der Waals surface area contributed by atoms with Crippen molar-refractivity contribution >= 4 is 11.3 Å². The zero-order valence-electron chi connectivity index (χ0n) is 15.2. The van der Waals surface area contributed by atoms with Crippen molar-refractivity contribution in [2.24, 2.45) is 0 Å². The number of fused-ring (bicyclic) bond motifs is 1. The molecule has 0 aliphatic carbocycles. The largest absolute Gasteiger partial charge is 0.494 e. The van der Waals surface area contributed by atoms with Gasteiger partial charge in [-0.2, -0.15) is 0 Å². The fourth-order valence-corrected chi connectivity index (χ4v) is 3.63. The number of halogens is 1. The number of benzene rings is 1. The summed E-state index contributed by atoms with van der Waals surface area (Å²) >= 11 is 0. The molecule has 1 aromatic carbocycles. The molecule has 1 fully saturated rings. The molecule has 6 heteroatoms. The molecule has 0 unspecified atom stereocenters. The molecule has 0 spiro atoms. The van der Waals surface area contributed by atoms with Crippen LogP contribution in [0.25, 0.3) is 5.65 Å². The predicted molar refractivity (Wildman–Crippen MR) is 100 cm³/mol. The van der Waals surface area contributed by atoms with Crippen LogP contribution in [0.2, 0.25) is 0 Å². The number of pyridine rings is 1. The SMILES string of the molecule is COc1cc(N2CCN(Cc3cnc4cccc(C)n34)CC2)ccc1F. The van der Waals surface area contributed by atoms with Gasteiger partial charge in [0.05, 0.1) is 19.0 Å². The lowest BCUT2D eigenvalue weighted by Crippen LogP contribution is -2.46. The summed E-state index contributed by atoms with van der Waals surface area (Å²) in [5, 5.41) is 0. The zero-order chi connectivity index (χ0) is 18.1. The molecule has 4 rings (SSSR count). The van der Waals surface area contributed by atoms with Crippen LogP contribution in [-0.2, 0) is 6.54 Å². The number of anilines is 1. The molecule has 3 heterocycles. The van der Waals surface area contributed by atoms with E-state index < -0.39 is 0 Å². The van der Waals surface area contributed by atoms with Crippen LogP contribution in [0.3, 0.4) is 0 Å². The van der Waals surface area contributed by atoms with Gasteiger partial charge in [-0.3, -0.25) is 4.90 Å². The highest BCUT2D eigenvalue weighted by molar-refractivity contribution is 5.51. The third-order valence-electron chi connectivity index (χ3n) is 5.06. The summed E-state index contributed by atoms with van der Waals surface area (Å²) < 4.78 is 20.9. The summed E-state index contributed by atoms with van der Waals surface area (Å²) in [4.78, 5) is 9.22. The molecule has 0 amide bonds. The van der Waals surface area contributed by atoms with Crippen molar-refractivity contribution in [3.63, 3.8) is 0 Å². The third-order valence-corrected chi connectivity index (χ3v) is 5.06. The average Bonchev–Trinajstić information content (AvgIpc) is 3.07. The Morgan fingerprint density at radius 2 is 1.92 bits per heavy atom. The minimum atomic E-state index is -0.321. The van der Waals surface area contributed by atoms with Crippen LogP contribution < -0.4 is 9.64 Å². The van der Waals surface area contributed by atoms with Gasteiger partial charge in [0.1, 0.15) is 5.65 Å². The van der Waals surface area contributed by atoms with E-state index in [4.69, 9.17) is 4.74 Å². The maximum absolute atomic E-state index is 13.6. The number of aromatic nitrogens is 2. The van der Waals surface area contributed by atoms with Crippen molar-refractivity contribution in [2.45, 2.75) is 13.5 Å². The van der Waals surface area contributed by atoms with Gasteiger partial charge in [-0.25, -0.2) is 9.37 Å². The first-order chi connectivity index (χ1) is 12.7. The average molecular weight is 354 g/mol. The molecular weight excluding hydrogens is 331 g/mol. The van der Waals surface area contributed by atoms with Gasteiger partial charge in [0, 0.05) is 50.2 Å². The van der Waals surface area contributed by atoms with Gasteiger partial charge in [0.2, 0.25) is 0 Å². The van der Waals surface area contributed by atoms with E-state index in [1.165, 1.54) is 24.6 Å². The van der Waals surface area contributed by atoms with Gasteiger partial charge in [0.15, 0.2) is 11.6 Å². The Kier molecular flexibility index (Phi) is 4.51. The fraction of sp³-hybridized carbons (Fsp3) is 0.350. The highest BCUT2D eigenvalue weighted by Crippen LogP contribution is 2.25. The number of hydrogen-bond acceptors (Lipinski definition) is 4. The van der Waals surface area contributed by atoms with Crippen LogP contribution in [-0.4, -0.2) is 47.6 Å². The fourth-order valence-electron chi connectivity index (χ4n) is 3.63. The number of imidazole rings is 1. The standard InChI is InChI=1S/C20H23FN4O/c1-15-4-3-5-20-22-13-17(25(15)20)14-23-8-10-24(11-9-23)16-6-7-18(21)19(12-16)26-2/h3-7,12-13H,8-11,14H2,1-2H3. The lowest BCUT2D eigenvalue weighted by molar-refractivity contribution is 0.246. The first-order valence-electron chi connectivity index (χ1n) is 8.88. The number of ether oxygens (including phenoxy) is 1. The van der Waals surface area contributed by atoms with Crippen LogP contribution >= 0.6 is 0 Å². The molecule has 0 saturated carbocycles. The smallest absolute Gasteiger partial charge is 0.165 e. The second-order valence-electron chi connectivity index (χ2n) is 6.69. The van der Waals surface area contributed by atoms with Gasteiger partial charge in [-0.1, -0.05) is 6.07 Å². The summed E-state index contributed by atoms with van der Waals surface area (Å²) in [6.45, 7) is 6.72. The van der Waals surface area contributed by atoms with E-state index >= 15 is 0 Å². The maximum atomic E-state index is 13.6. The Balaban J connectivity index is 1.44. The van der Waals surface area contributed by atoms with Crippen molar-refractivity contribution in [2.75, 3.05) is 38.2 Å². The summed E-state index contributed by atoms with van der Waals surface area (Å²) in [5.41, 5.74) is 4.42. The summed E-state index contributed by atoms with van der Waals surface area (Å²) in [5.74, 6) is -0.0241. The Labute approximate surface area is 152 Å². The topological polar surface area (TPSA) is 33.0 Å². The molecule has 1 aliphatic rings. The van der Waals surface area contributed by atoms with Gasteiger partial charge < -0.3 is 14.0 Å². The molecule has 1 aliphatic heterocycles. The molecule has 0 bridgehead atoms. The monoisotopic (exact) mass is 354 g/mol. The molecule has 3 aromatic rings. The Bertz CT molecular complexity index is 915. The van der Waals surface area contributed by atoms with Crippen LogP contribution in [0, 0.1) is 12.7 Å². The first kappa shape index (κ1) is 16.8. The van der Waals surface area contributed by atoms with E-state index in [0.29, 0.717) is 5.75 Å². The van der Waals surface area contributed by atoms with Crippen molar-refractivity contribution in [3.05, 3.63) is 59.8 Å². The van der Waals surface area contributed by atoms with Crippen molar-refractivity contribution in [1.82, 2.24) is 14.3 Å². The molecule has 136 valence electrons. The predicted octanol–water partition coefficient (Wildman–Crippen LogP) is 3.11. The molecule has 26 heavy (non-hydrogen) atoms. The molecule has 1 saturated heterocycles. The summed E-state index contributed by atoms with van der Waals surface area (Å²) in [6, 6.07) is 11.3. The molecule has 0 radical (unpaired) electrons. The molecule has 0 N–H and O–H groups in total. The highest BCUT2D eigenvalue weighted by Gasteiger charge is 2.19.